The van der Waals surface area contributed by atoms with Crippen LogP contribution >= 0.6 is 0 Å². The normalized spacial score (nSPS) is 10.9. The van der Waals surface area contributed by atoms with Gasteiger partial charge in [-0.3, -0.25) is 10.9 Å². The lowest BCUT2D eigenvalue weighted by Gasteiger charge is -2.17. The zero-order chi connectivity index (χ0) is 28.2. The molecular formula is C30H30N10. The molecule has 0 spiro atoms. The third-order valence-corrected chi connectivity index (χ3v) is 6.24. The van der Waals surface area contributed by atoms with Crippen LogP contribution in [0.2, 0.25) is 0 Å². The van der Waals surface area contributed by atoms with Gasteiger partial charge in [0.1, 0.15) is 0 Å². The summed E-state index contributed by atoms with van der Waals surface area (Å²) in [5.74, 6) is 1.07. The molecule has 0 aliphatic rings. The molecule has 40 heavy (non-hydrogen) atoms. The van der Waals surface area contributed by atoms with Crippen LogP contribution in [0.1, 0.15) is 24.0 Å². The van der Waals surface area contributed by atoms with Gasteiger partial charge in [-0.15, -0.1) is 10.2 Å². The first-order valence-electron chi connectivity index (χ1n) is 12.8. The summed E-state index contributed by atoms with van der Waals surface area (Å²) in [6.45, 7) is 1.37. The third-order valence-electron chi connectivity index (χ3n) is 6.24. The fraction of sp³-hybridized carbons (Fsp3) is 0.200. The maximum Gasteiger partial charge on any atom is 0.176 e. The van der Waals surface area contributed by atoms with Crippen molar-refractivity contribution in [2.75, 3.05) is 47.8 Å². The van der Waals surface area contributed by atoms with Gasteiger partial charge >= 0.3 is 0 Å². The van der Waals surface area contributed by atoms with Crippen LogP contribution in [-0.2, 0) is 0 Å². The minimum absolute atomic E-state index is 0.483. The van der Waals surface area contributed by atoms with E-state index in [2.05, 4.69) is 43.4 Å². The predicted octanol–water partition coefficient (Wildman–Crippen LogP) is 5.22. The Bertz CT molecular complexity index is 1430. The first-order chi connectivity index (χ1) is 19.6. The third kappa shape index (κ3) is 7.30. The smallest absolute Gasteiger partial charge is 0.176 e. The van der Waals surface area contributed by atoms with Gasteiger partial charge in [0.05, 0.1) is 37.4 Å². The Morgan fingerprint density at radius 1 is 0.675 bits per heavy atom. The van der Waals surface area contributed by atoms with E-state index in [0.717, 1.165) is 33.3 Å². The van der Waals surface area contributed by atoms with Crippen LogP contribution in [0.15, 0.2) is 83.0 Å². The van der Waals surface area contributed by atoms with E-state index < -0.39 is 0 Å². The lowest BCUT2D eigenvalue weighted by atomic mass is 10.2. The molecule has 1 aromatic heterocycles. The quantitative estimate of drug-likeness (QED) is 0.188. The van der Waals surface area contributed by atoms with Crippen LogP contribution in [0, 0.1) is 22.7 Å². The van der Waals surface area contributed by atoms with Crippen molar-refractivity contribution in [1.82, 2.24) is 10.2 Å². The Labute approximate surface area is 233 Å². The number of hydrogen-bond acceptors (Lipinski definition) is 10. The predicted molar refractivity (Wildman–Crippen MR) is 162 cm³/mol. The molecule has 0 saturated heterocycles. The van der Waals surface area contributed by atoms with E-state index in [1.807, 2.05) is 96.7 Å². The first-order valence-corrected chi connectivity index (χ1v) is 12.8. The molecule has 10 heteroatoms. The SMILES string of the molecule is CN(CCC#N)c1ccc(/C=N/Nc2nnc(N/N=C/c3ccc(N(C)CCC#N)cc3)c3ccccc23)cc1. The monoisotopic (exact) mass is 530 g/mol. The van der Waals surface area contributed by atoms with Gasteiger partial charge in [-0.1, -0.05) is 48.5 Å². The molecule has 200 valence electrons. The maximum absolute atomic E-state index is 8.77. The average molecular weight is 531 g/mol. The molecule has 10 nitrogen and oxygen atoms in total. The fourth-order valence-corrected chi connectivity index (χ4v) is 3.93. The molecule has 3 aromatic carbocycles. The number of rotatable bonds is 12. The molecule has 0 amide bonds. The molecule has 0 unspecified atom stereocenters. The number of fused-ring (bicyclic) bond motifs is 1. The van der Waals surface area contributed by atoms with Crippen LogP contribution in [0.5, 0.6) is 0 Å². The van der Waals surface area contributed by atoms with E-state index >= 15 is 0 Å². The number of nitrogens with zero attached hydrogens (tertiary/aromatic N) is 8. The van der Waals surface area contributed by atoms with Crippen molar-refractivity contribution in [3.05, 3.63) is 83.9 Å². The number of anilines is 4. The van der Waals surface area contributed by atoms with Crippen LogP contribution < -0.4 is 20.7 Å². The summed E-state index contributed by atoms with van der Waals surface area (Å²) in [5, 5.41) is 36.6. The van der Waals surface area contributed by atoms with Crippen molar-refractivity contribution in [1.29, 1.82) is 10.5 Å². The first kappa shape index (κ1) is 27.6. The fourth-order valence-electron chi connectivity index (χ4n) is 3.93. The molecule has 0 fully saturated rings. The second-order valence-corrected chi connectivity index (χ2v) is 9.03. The number of hydrazone groups is 2. The molecular weight excluding hydrogens is 500 g/mol. The Morgan fingerprint density at radius 3 is 1.45 bits per heavy atom. The van der Waals surface area contributed by atoms with Gasteiger partial charge in [-0.05, 0) is 35.4 Å². The van der Waals surface area contributed by atoms with E-state index in [1.165, 1.54) is 0 Å². The van der Waals surface area contributed by atoms with E-state index in [9.17, 15) is 0 Å². The largest absolute Gasteiger partial charge is 0.374 e. The summed E-state index contributed by atoms with van der Waals surface area (Å²) in [7, 11) is 3.93. The van der Waals surface area contributed by atoms with Gasteiger partial charge in [0.2, 0.25) is 0 Å². The van der Waals surface area contributed by atoms with Gasteiger partial charge in [-0.2, -0.15) is 20.7 Å². The Balaban J connectivity index is 1.40. The Hall–Kier alpha value is -5.48. The van der Waals surface area contributed by atoms with Crippen molar-refractivity contribution < 1.29 is 0 Å². The zero-order valence-electron chi connectivity index (χ0n) is 22.5. The van der Waals surface area contributed by atoms with E-state index in [-0.39, 0.29) is 0 Å². The van der Waals surface area contributed by atoms with Crippen LogP contribution in [0.3, 0.4) is 0 Å². The summed E-state index contributed by atoms with van der Waals surface area (Å²) in [6, 6.07) is 28.0. The molecule has 2 N–H and O–H groups in total. The molecule has 0 aliphatic heterocycles. The standard InChI is InChI=1S/C30H30N10/c1-39(19-5-17-31)25-13-9-23(10-14-25)21-33-35-29-27-7-3-4-8-28(27)30(38-37-29)36-34-22-24-11-15-26(16-12-24)40(2)20-6-18-32/h3-4,7-16,21-22H,5-6,19-20H2,1-2H3,(H,35,37)(H,36,38)/b33-21+,34-22+. The van der Waals surface area contributed by atoms with Gasteiger partial charge in [-0.25, -0.2) is 0 Å². The second kappa shape index (κ2) is 13.9. The minimum Gasteiger partial charge on any atom is -0.374 e. The van der Waals surface area contributed by atoms with Crippen LogP contribution in [0.25, 0.3) is 10.8 Å². The number of hydrogen-bond donors (Lipinski definition) is 2. The Kier molecular flexibility index (Phi) is 9.57. The molecule has 0 aliphatic carbocycles. The number of nitrogens with one attached hydrogen (secondary N) is 2. The molecule has 0 atom stereocenters. The number of nitriles is 2. The molecule has 0 saturated carbocycles. The highest BCUT2D eigenvalue weighted by atomic mass is 15.4. The van der Waals surface area contributed by atoms with Crippen molar-refractivity contribution in [3.8, 4) is 12.1 Å². The van der Waals surface area contributed by atoms with Crippen molar-refractivity contribution in [2.45, 2.75) is 12.8 Å². The number of benzene rings is 3. The highest BCUT2D eigenvalue weighted by Crippen LogP contribution is 2.26. The van der Waals surface area contributed by atoms with Crippen molar-refractivity contribution >= 4 is 46.2 Å². The lowest BCUT2D eigenvalue weighted by molar-refractivity contribution is 0.905. The molecule has 0 bridgehead atoms. The maximum atomic E-state index is 8.77. The van der Waals surface area contributed by atoms with Crippen molar-refractivity contribution in [2.24, 2.45) is 10.2 Å². The van der Waals surface area contributed by atoms with Gasteiger partial charge in [0.15, 0.2) is 11.6 Å². The van der Waals surface area contributed by atoms with E-state index in [1.54, 1.807) is 12.4 Å². The lowest BCUT2D eigenvalue weighted by Crippen LogP contribution is -2.17. The summed E-state index contributed by atoms with van der Waals surface area (Å²) in [6.07, 6.45) is 4.41. The molecule has 4 rings (SSSR count). The van der Waals surface area contributed by atoms with Gasteiger partial charge in [0, 0.05) is 49.3 Å². The molecule has 4 aromatic rings. The van der Waals surface area contributed by atoms with Gasteiger partial charge < -0.3 is 9.80 Å². The second-order valence-electron chi connectivity index (χ2n) is 9.03. The van der Waals surface area contributed by atoms with E-state index in [0.29, 0.717) is 37.6 Å². The molecule has 1 heterocycles. The summed E-state index contributed by atoms with van der Waals surface area (Å²) in [5.41, 5.74) is 9.94. The van der Waals surface area contributed by atoms with E-state index in [4.69, 9.17) is 10.5 Å². The molecule has 0 radical (unpaired) electrons. The van der Waals surface area contributed by atoms with Crippen LogP contribution in [-0.4, -0.2) is 49.8 Å². The summed E-state index contributed by atoms with van der Waals surface area (Å²) < 4.78 is 0. The minimum atomic E-state index is 0.483. The van der Waals surface area contributed by atoms with Crippen LogP contribution in [0.4, 0.5) is 23.0 Å². The zero-order valence-corrected chi connectivity index (χ0v) is 22.5. The topological polar surface area (TPSA) is 129 Å². The summed E-state index contributed by atoms with van der Waals surface area (Å²) in [4.78, 5) is 4.08. The Morgan fingerprint density at radius 2 is 1.07 bits per heavy atom. The van der Waals surface area contributed by atoms with Crippen molar-refractivity contribution in [3.63, 3.8) is 0 Å². The van der Waals surface area contributed by atoms with Gasteiger partial charge in [0.25, 0.3) is 0 Å². The highest BCUT2D eigenvalue weighted by Gasteiger charge is 2.08. The number of aromatic nitrogens is 2. The summed E-state index contributed by atoms with van der Waals surface area (Å²) >= 11 is 0. The average Bonchev–Trinajstić information content (AvgIpc) is 3.00. The highest BCUT2D eigenvalue weighted by molar-refractivity contribution is 5.98.